The maximum Gasteiger partial charge on any atom is 0.0775 e. The quantitative estimate of drug-likeness (QED) is 0.572. The second-order valence-electron chi connectivity index (χ2n) is 8.85. The van der Waals surface area contributed by atoms with Gasteiger partial charge in [0.2, 0.25) is 0 Å². The van der Waals surface area contributed by atoms with Crippen molar-refractivity contribution in [1.29, 1.82) is 0 Å². The highest BCUT2D eigenvalue weighted by Gasteiger charge is 2.37. The highest BCUT2D eigenvalue weighted by molar-refractivity contribution is 6.35. The van der Waals surface area contributed by atoms with E-state index in [1.165, 1.54) is 12.8 Å². The maximum atomic E-state index is 6.68. The van der Waals surface area contributed by atoms with Crippen LogP contribution in [0.15, 0.2) is 42.9 Å². The molecule has 0 radical (unpaired) electrons. The van der Waals surface area contributed by atoms with Crippen molar-refractivity contribution in [1.82, 2.24) is 24.9 Å². The van der Waals surface area contributed by atoms with E-state index in [9.17, 15) is 0 Å². The first-order chi connectivity index (χ1) is 15.1. The summed E-state index contributed by atoms with van der Waals surface area (Å²) in [4.78, 5) is 4.99. The standard InChI is InChI=1S/C23H28Cl2N6/c1-16(31-9-3-6-27-31)23-21(25)10-19(24)11-22(23)30-13-18(14-30)17-4-2-8-29(12-17)15-20-5-7-26-28-20/h3,5-7,9-11,16-18H,2,4,8,12-15H2,1H3,(H,26,28)/t16?,17-/m0/s1. The number of H-pyrrole nitrogens is 1. The monoisotopic (exact) mass is 458 g/mol. The molecule has 1 unspecified atom stereocenters. The minimum absolute atomic E-state index is 0.0489. The zero-order chi connectivity index (χ0) is 21.4. The van der Waals surface area contributed by atoms with Gasteiger partial charge >= 0.3 is 0 Å². The largest absolute Gasteiger partial charge is 0.370 e. The van der Waals surface area contributed by atoms with Crippen molar-refractivity contribution in [3.63, 3.8) is 0 Å². The van der Waals surface area contributed by atoms with Crippen LogP contribution in [0, 0.1) is 11.8 Å². The molecule has 0 amide bonds. The molecule has 2 fully saturated rings. The lowest BCUT2D eigenvalue weighted by Gasteiger charge is -2.48. The lowest BCUT2D eigenvalue weighted by molar-refractivity contribution is 0.113. The van der Waals surface area contributed by atoms with Gasteiger partial charge in [0.1, 0.15) is 0 Å². The highest BCUT2D eigenvalue weighted by Crippen LogP contribution is 2.42. The molecule has 4 heterocycles. The van der Waals surface area contributed by atoms with Crippen molar-refractivity contribution in [2.45, 2.75) is 32.4 Å². The average molecular weight is 459 g/mol. The van der Waals surface area contributed by atoms with E-state index in [0.717, 1.165) is 55.6 Å². The fourth-order valence-corrected chi connectivity index (χ4v) is 5.76. The van der Waals surface area contributed by atoms with Crippen molar-refractivity contribution in [3.8, 4) is 0 Å². The Labute approximate surface area is 193 Å². The minimum atomic E-state index is 0.0489. The number of hydrogen-bond acceptors (Lipinski definition) is 4. The molecule has 0 spiro atoms. The summed E-state index contributed by atoms with van der Waals surface area (Å²) in [5.41, 5.74) is 3.36. The zero-order valence-corrected chi connectivity index (χ0v) is 19.2. The predicted octanol–water partition coefficient (Wildman–Crippen LogP) is 4.87. The maximum absolute atomic E-state index is 6.68. The molecule has 0 saturated carbocycles. The molecule has 2 atom stereocenters. The molecule has 8 heteroatoms. The molecule has 0 aliphatic carbocycles. The number of hydrogen-bond donors (Lipinski definition) is 1. The van der Waals surface area contributed by atoms with Crippen LogP contribution in [0.25, 0.3) is 0 Å². The lowest BCUT2D eigenvalue weighted by atomic mass is 9.80. The molecule has 2 aliphatic rings. The van der Waals surface area contributed by atoms with Crippen molar-refractivity contribution < 1.29 is 0 Å². The molecule has 1 N–H and O–H groups in total. The van der Waals surface area contributed by atoms with Gasteiger partial charge in [0.05, 0.1) is 11.7 Å². The second-order valence-corrected chi connectivity index (χ2v) is 9.69. The topological polar surface area (TPSA) is 53.0 Å². The Morgan fingerprint density at radius 3 is 2.81 bits per heavy atom. The Hall–Kier alpha value is -2.02. The molecule has 3 aromatic rings. The summed E-state index contributed by atoms with van der Waals surface area (Å²) in [5, 5.41) is 13.1. The molecule has 6 nitrogen and oxygen atoms in total. The summed E-state index contributed by atoms with van der Waals surface area (Å²) in [6.45, 7) is 7.49. The van der Waals surface area contributed by atoms with E-state index in [1.807, 2.05) is 29.2 Å². The number of nitrogens with zero attached hydrogens (tertiary/aromatic N) is 5. The number of rotatable bonds is 6. The van der Waals surface area contributed by atoms with Gasteiger partial charge in [0, 0.05) is 66.1 Å². The van der Waals surface area contributed by atoms with Crippen LogP contribution in [0.4, 0.5) is 5.69 Å². The number of anilines is 1. The first-order valence-electron chi connectivity index (χ1n) is 11.0. The van der Waals surface area contributed by atoms with E-state index >= 15 is 0 Å². The fraction of sp³-hybridized carbons (Fsp3) is 0.478. The van der Waals surface area contributed by atoms with Gasteiger partial charge in [-0.1, -0.05) is 23.2 Å². The highest BCUT2D eigenvalue weighted by atomic mass is 35.5. The Bertz CT molecular complexity index is 998. The normalized spacial score (nSPS) is 21.3. The van der Waals surface area contributed by atoms with E-state index in [4.69, 9.17) is 23.2 Å². The van der Waals surface area contributed by atoms with Crippen LogP contribution in [-0.2, 0) is 6.54 Å². The van der Waals surface area contributed by atoms with Gasteiger partial charge in [-0.25, -0.2) is 0 Å². The third kappa shape index (κ3) is 4.34. The minimum Gasteiger partial charge on any atom is -0.370 e. The van der Waals surface area contributed by atoms with Crippen LogP contribution in [0.3, 0.4) is 0 Å². The van der Waals surface area contributed by atoms with Gasteiger partial charge in [0.25, 0.3) is 0 Å². The van der Waals surface area contributed by atoms with Gasteiger partial charge in [-0.3, -0.25) is 14.7 Å². The Morgan fingerprint density at radius 1 is 1.19 bits per heavy atom. The Balaban J connectivity index is 1.28. The van der Waals surface area contributed by atoms with Crippen molar-refractivity contribution in [2.75, 3.05) is 31.1 Å². The number of nitrogens with one attached hydrogen (secondary N) is 1. The predicted molar refractivity (Wildman–Crippen MR) is 125 cm³/mol. The Kier molecular flexibility index (Phi) is 5.95. The first kappa shape index (κ1) is 20.9. The number of piperidine rings is 1. The molecule has 1 aromatic carbocycles. The summed E-state index contributed by atoms with van der Waals surface area (Å²) < 4.78 is 1.95. The molecular weight excluding hydrogens is 431 g/mol. The average Bonchev–Trinajstić information content (AvgIpc) is 3.41. The van der Waals surface area contributed by atoms with E-state index < -0.39 is 0 Å². The van der Waals surface area contributed by atoms with Crippen molar-refractivity contribution >= 4 is 28.9 Å². The van der Waals surface area contributed by atoms with E-state index in [0.29, 0.717) is 16.0 Å². The lowest BCUT2D eigenvalue weighted by Crippen LogP contribution is -2.53. The number of aromatic amines is 1. The molecule has 2 aliphatic heterocycles. The van der Waals surface area contributed by atoms with E-state index in [2.05, 4.69) is 44.2 Å². The van der Waals surface area contributed by atoms with Gasteiger partial charge in [-0.15, -0.1) is 0 Å². The SMILES string of the molecule is CC(c1c(Cl)cc(Cl)cc1N1CC([C@H]2CCCN(Cc3cc[nH]n3)C2)C1)n1cccn1. The summed E-state index contributed by atoms with van der Waals surface area (Å²) in [7, 11) is 0. The van der Waals surface area contributed by atoms with Crippen LogP contribution in [0.5, 0.6) is 0 Å². The smallest absolute Gasteiger partial charge is 0.0775 e. The van der Waals surface area contributed by atoms with E-state index in [1.54, 1.807) is 6.20 Å². The second kappa shape index (κ2) is 8.85. The van der Waals surface area contributed by atoms with Gasteiger partial charge in [0.15, 0.2) is 0 Å². The van der Waals surface area contributed by atoms with Crippen molar-refractivity contribution in [2.24, 2.45) is 11.8 Å². The summed E-state index contributed by atoms with van der Waals surface area (Å²) >= 11 is 13.1. The number of benzene rings is 1. The van der Waals surface area contributed by atoms with Crippen LogP contribution in [-0.4, -0.2) is 51.1 Å². The summed E-state index contributed by atoms with van der Waals surface area (Å²) in [5.74, 6) is 1.43. The van der Waals surface area contributed by atoms with Gasteiger partial charge < -0.3 is 4.90 Å². The number of halogens is 2. The van der Waals surface area contributed by atoms with E-state index in [-0.39, 0.29) is 6.04 Å². The first-order valence-corrected chi connectivity index (χ1v) is 11.8. The van der Waals surface area contributed by atoms with Crippen LogP contribution >= 0.6 is 23.2 Å². The summed E-state index contributed by atoms with van der Waals surface area (Å²) in [6, 6.07) is 7.96. The fourth-order valence-electron chi connectivity index (χ4n) is 5.12. The van der Waals surface area contributed by atoms with Crippen LogP contribution in [0.2, 0.25) is 10.0 Å². The summed E-state index contributed by atoms with van der Waals surface area (Å²) in [6.07, 6.45) is 8.25. The number of likely N-dealkylation sites (tertiary alicyclic amines) is 1. The Morgan fingerprint density at radius 2 is 2.06 bits per heavy atom. The van der Waals surface area contributed by atoms with Crippen LogP contribution in [0.1, 0.15) is 37.1 Å². The van der Waals surface area contributed by atoms with Crippen LogP contribution < -0.4 is 4.90 Å². The molecule has 2 saturated heterocycles. The zero-order valence-electron chi connectivity index (χ0n) is 17.7. The molecule has 0 bridgehead atoms. The molecule has 31 heavy (non-hydrogen) atoms. The van der Waals surface area contributed by atoms with Gasteiger partial charge in [-0.05, 0) is 62.4 Å². The molecule has 2 aromatic heterocycles. The van der Waals surface area contributed by atoms with Crippen molar-refractivity contribution in [3.05, 3.63) is 64.2 Å². The number of aromatic nitrogens is 4. The molecule has 164 valence electrons. The molecular formula is C23H28Cl2N6. The third-order valence-corrected chi connectivity index (χ3v) is 7.35. The molecule has 5 rings (SSSR count). The third-order valence-electron chi connectivity index (χ3n) is 6.82. The van der Waals surface area contributed by atoms with Gasteiger partial charge in [-0.2, -0.15) is 10.2 Å².